The summed E-state index contributed by atoms with van der Waals surface area (Å²) in [5, 5.41) is 6.18. The van der Waals surface area contributed by atoms with Gasteiger partial charge in [0.2, 0.25) is 5.82 Å². The van der Waals surface area contributed by atoms with Crippen molar-refractivity contribution in [2.24, 2.45) is 0 Å². The minimum atomic E-state index is -3.85. The molecule has 0 unspecified atom stereocenters. The molecule has 0 aliphatic heterocycles. The first-order valence-electron chi connectivity index (χ1n) is 8.60. The van der Waals surface area contributed by atoms with Crippen molar-refractivity contribution in [3.8, 4) is 22.2 Å². The molecule has 0 atom stereocenters. The summed E-state index contributed by atoms with van der Waals surface area (Å²) >= 11 is 7.24. The van der Waals surface area contributed by atoms with Crippen LogP contribution < -0.4 is 4.31 Å². The van der Waals surface area contributed by atoms with Crippen LogP contribution in [0.3, 0.4) is 0 Å². The molecule has 29 heavy (non-hydrogen) atoms. The maximum atomic E-state index is 13.2. The number of aryl methyl sites for hydroxylation is 1. The fraction of sp³-hybridized carbons (Fsp3) is 0.100. The summed E-state index contributed by atoms with van der Waals surface area (Å²) in [5.41, 5.74) is 2.29. The first kappa shape index (κ1) is 19.6. The third kappa shape index (κ3) is 3.66. The molecule has 0 N–H and O–H groups in total. The highest BCUT2D eigenvalue weighted by atomic mass is 35.5. The van der Waals surface area contributed by atoms with Gasteiger partial charge < -0.3 is 4.52 Å². The Kier molecular flexibility index (Phi) is 5.16. The lowest BCUT2D eigenvalue weighted by molar-refractivity contribution is 0.432. The molecule has 0 spiro atoms. The molecular weight excluding hydrogens is 430 g/mol. The first-order valence-corrected chi connectivity index (χ1v) is 11.3. The topological polar surface area (TPSA) is 76.3 Å². The lowest BCUT2D eigenvalue weighted by Gasteiger charge is -2.19. The molecule has 0 fully saturated rings. The summed E-state index contributed by atoms with van der Waals surface area (Å²) in [5.74, 6) is 0.578. The third-order valence-corrected chi connectivity index (χ3v) is 7.54. The highest BCUT2D eigenvalue weighted by molar-refractivity contribution is 7.93. The number of benzene rings is 2. The van der Waals surface area contributed by atoms with Gasteiger partial charge in [0, 0.05) is 17.6 Å². The molecule has 2 aromatic heterocycles. The molecule has 148 valence electrons. The van der Waals surface area contributed by atoms with Crippen molar-refractivity contribution in [3.05, 3.63) is 70.6 Å². The van der Waals surface area contributed by atoms with E-state index in [-0.39, 0.29) is 10.8 Å². The number of anilines is 1. The number of halogens is 1. The van der Waals surface area contributed by atoms with Gasteiger partial charge in [-0.2, -0.15) is 4.98 Å². The molecule has 0 saturated carbocycles. The van der Waals surface area contributed by atoms with E-state index in [0.29, 0.717) is 21.4 Å². The predicted octanol–water partition coefficient (Wildman–Crippen LogP) is 5.25. The quantitative estimate of drug-likeness (QED) is 0.419. The van der Waals surface area contributed by atoms with Gasteiger partial charge >= 0.3 is 0 Å². The summed E-state index contributed by atoms with van der Waals surface area (Å²) < 4.78 is 33.0. The summed E-state index contributed by atoms with van der Waals surface area (Å²) in [6.45, 7) is 1.95. The normalized spacial score (nSPS) is 11.6. The lowest BCUT2D eigenvalue weighted by Crippen LogP contribution is -2.26. The molecule has 2 heterocycles. The van der Waals surface area contributed by atoms with Crippen LogP contribution in [0.15, 0.2) is 69.4 Å². The molecule has 2 aromatic carbocycles. The van der Waals surface area contributed by atoms with E-state index in [0.717, 1.165) is 11.1 Å². The number of aromatic nitrogens is 2. The van der Waals surface area contributed by atoms with Crippen molar-refractivity contribution >= 4 is 38.6 Å². The average Bonchev–Trinajstić information content (AvgIpc) is 3.37. The van der Waals surface area contributed by atoms with Crippen LogP contribution in [0.2, 0.25) is 5.02 Å². The van der Waals surface area contributed by atoms with Crippen molar-refractivity contribution in [2.45, 2.75) is 11.8 Å². The number of thiophene rings is 1. The van der Waals surface area contributed by atoms with Crippen molar-refractivity contribution in [3.63, 3.8) is 0 Å². The summed E-state index contributed by atoms with van der Waals surface area (Å²) in [7, 11) is -2.37. The molecule has 9 heteroatoms. The Morgan fingerprint density at radius 1 is 1.10 bits per heavy atom. The van der Waals surface area contributed by atoms with Crippen molar-refractivity contribution in [2.75, 3.05) is 11.4 Å². The first-order chi connectivity index (χ1) is 13.9. The predicted molar refractivity (Wildman–Crippen MR) is 115 cm³/mol. The van der Waals surface area contributed by atoms with Crippen molar-refractivity contribution in [1.29, 1.82) is 0 Å². The Hall–Kier alpha value is -2.68. The van der Waals surface area contributed by atoms with Crippen LogP contribution in [0, 0.1) is 6.92 Å². The Morgan fingerprint density at radius 2 is 1.90 bits per heavy atom. The van der Waals surface area contributed by atoms with Gasteiger partial charge in [-0.05, 0) is 42.1 Å². The van der Waals surface area contributed by atoms with E-state index in [1.807, 2.05) is 31.2 Å². The van der Waals surface area contributed by atoms with Crippen LogP contribution in [-0.2, 0) is 10.0 Å². The molecule has 0 aliphatic carbocycles. The lowest BCUT2D eigenvalue weighted by atomic mass is 10.1. The van der Waals surface area contributed by atoms with Crippen LogP contribution in [0.5, 0.6) is 0 Å². The van der Waals surface area contributed by atoms with Crippen LogP contribution in [0.1, 0.15) is 5.56 Å². The van der Waals surface area contributed by atoms with Gasteiger partial charge in [-0.15, -0.1) is 11.3 Å². The Morgan fingerprint density at radius 3 is 2.66 bits per heavy atom. The van der Waals surface area contributed by atoms with Gasteiger partial charge in [-0.1, -0.05) is 47.1 Å². The zero-order valence-electron chi connectivity index (χ0n) is 15.5. The minimum Gasteiger partial charge on any atom is -0.333 e. The molecule has 0 radical (unpaired) electrons. The number of sulfonamides is 1. The molecule has 4 rings (SSSR count). The highest BCUT2D eigenvalue weighted by Gasteiger charge is 2.28. The van der Waals surface area contributed by atoms with Crippen LogP contribution in [0.25, 0.3) is 22.2 Å². The SMILES string of the molecule is Cc1ccccc1-c1noc(-c2sccc2S(=O)(=O)N(C)c2cccc(Cl)c2)n1. The van der Waals surface area contributed by atoms with Crippen LogP contribution in [-0.4, -0.2) is 25.6 Å². The maximum absolute atomic E-state index is 13.2. The molecule has 6 nitrogen and oxygen atoms in total. The van der Waals surface area contributed by atoms with E-state index in [1.165, 1.54) is 28.8 Å². The van der Waals surface area contributed by atoms with E-state index in [2.05, 4.69) is 10.1 Å². The highest BCUT2D eigenvalue weighted by Crippen LogP contribution is 2.36. The van der Waals surface area contributed by atoms with E-state index in [4.69, 9.17) is 16.1 Å². The van der Waals surface area contributed by atoms with Gasteiger partial charge in [0.05, 0.1) is 5.69 Å². The number of nitrogens with zero attached hydrogens (tertiary/aromatic N) is 3. The van der Waals surface area contributed by atoms with Crippen molar-refractivity contribution < 1.29 is 12.9 Å². The van der Waals surface area contributed by atoms with Crippen LogP contribution in [0.4, 0.5) is 5.69 Å². The van der Waals surface area contributed by atoms with Gasteiger partial charge in [-0.25, -0.2) is 8.42 Å². The van der Waals surface area contributed by atoms with E-state index >= 15 is 0 Å². The molecule has 0 saturated heterocycles. The number of hydrogen-bond acceptors (Lipinski definition) is 6. The zero-order valence-corrected chi connectivity index (χ0v) is 17.9. The van der Waals surface area contributed by atoms with Gasteiger partial charge in [0.25, 0.3) is 15.9 Å². The van der Waals surface area contributed by atoms with Crippen LogP contribution >= 0.6 is 22.9 Å². The third-order valence-electron chi connectivity index (χ3n) is 4.45. The van der Waals surface area contributed by atoms with E-state index < -0.39 is 10.0 Å². The van der Waals surface area contributed by atoms with Gasteiger partial charge in [-0.3, -0.25) is 4.31 Å². The van der Waals surface area contributed by atoms with E-state index in [9.17, 15) is 8.42 Å². The number of hydrogen-bond donors (Lipinski definition) is 0. The largest absolute Gasteiger partial charge is 0.333 e. The average molecular weight is 446 g/mol. The summed E-state index contributed by atoms with van der Waals surface area (Å²) in [4.78, 5) is 4.93. The molecule has 4 aromatic rings. The second-order valence-electron chi connectivity index (χ2n) is 6.30. The second kappa shape index (κ2) is 7.62. The van der Waals surface area contributed by atoms with Crippen molar-refractivity contribution in [1.82, 2.24) is 10.1 Å². The summed E-state index contributed by atoms with van der Waals surface area (Å²) in [6, 6.07) is 15.8. The second-order valence-corrected chi connectivity index (χ2v) is 9.59. The molecular formula is C20H16ClN3O3S2. The van der Waals surface area contributed by atoms with Gasteiger partial charge in [0.1, 0.15) is 9.77 Å². The molecule has 0 aliphatic rings. The Balaban J connectivity index is 1.73. The Bertz CT molecular complexity index is 1280. The molecule has 0 amide bonds. The standard InChI is InChI=1S/C20H16ClN3O3S2/c1-13-6-3-4-9-16(13)19-22-20(27-23-19)18-17(10-11-28-18)29(25,26)24(2)15-8-5-7-14(21)12-15/h3-12H,1-2H3. The minimum absolute atomic E-state index is 0.102. The number of rotatable bonds is 5. The van der Waals surface area contributed by atoms with Gasteiger partial charge in [0.15, 0.2) is 0 Å². The monoisotopic (exact) mass is 445 g/mol. The molecule has 0 bridgehead atoms. The van der Waals surface area contributed by atoms with E-state index in [1.54, 1.807) is 29.6 Å². The summed E-state index contributed by atoms with van der Waals surface area (Å²) in [6.07, 6.45) is 0. The smallest absolute Gasteiger partial charge is 0.269 e. The zero-order chi connectivity index (χ0) is 20.6. The fourth-order valence-electron chi connectivity index (χ4n) is 2.86. The fourth-order valence-corrected chi connectivity index (χ4v) is 5.55. The Labute approximate surface area is 177 Å². The maximum Gasteiger partial charge on any atom is 0.269 e.